The van der Waals surface area contributed by atoms with Gasteiger partial charge in [0, 0.05) is 18.1 Å². The van der Waals surface area contributed by atoms with E-state index in [1.165, 1.54) is 11.1 Å². The van der Waals surface area contributed by atoms with E-state index in [1.54, 1.807) is 24.2 Å². The van der Waals surface area contributed by atoms with E-state index in [4.69, 9.17) is 5.73 Å². The van der Waals surface area contributed by atoms with Crippen molar-refractivity contribution in [2.24, 2.45) is 0 Å². The van der Waals surface area contributed by atoms with Crippen molar-refractivity contribution >= 4 is 23.2 Å². The van der Waals surface area contributed by atoms with Gasteiger partial charge in [-0.05, 0) is 18.1 Å². The predicted molar refractivity (Wildman–Crippen MR) is 78.1 cm³/mol. The van der Waals surface area contributed by atoms with E-state index in [0.29, 0.717) is 5.82 Å². The minimum atomic E-state index is 0.512. The molecule has 3 rings (SSSR count). The minimum Gasteiger partial charge on any atom is -0.382 e. The lowest BCUT2D eigenvalue weighted by atomic mass is 10.1. The van der Waals surface area contributed by atoms with Gasteiger partial charge in [0.05, 0.1) is 6.20 Å². The summed E-state index contributed by atoms with van der Waals surface area (Å²) in [6, 6.07) is 8.36. The van der Waals surface area contributed by atoms with Crippen molar-refractivity contribution in [3.63, 3.8) is 0 Å². The molecule has 0 unspecified atom stereocenters. The number of fused-ring (bicyclic) bond motifs is 1. The molecule has 0 spiro atoms. The monoisotopic (exact) mass is 270 g/mol. The maximum atomic E-state index is 5.81. The molecule has 0 aliphatic rings. The number of benzene rings is 1. The van der Waals surface area contributed by atoms with E-state index in [1.807, 2.05) is 10.6 Å². The molecule has 0 bridgehead atoms. The number of nitrogens with zero attached hydrogens (tertiary/aromatic N) is 3. The summed E-state index contributed by atoms with van der Waals surface area (Å²) in [6.07, 6.45) is 5.42. The molecule has 0 saturated heterocycles. The average Bonchev–Trinajstić information content (AvgIpc) is 2.85. The van der Waals surface area contributed by atoms with Crippen molar-refractivity contribution in [1.29, 1.82) is 0 Å². The van der Waals surface area contributed by atoms with Gasteiger partial charge in [-0.3, -0.25) is 0 Å². The highest BCUT2D eigenvalue weighted by Gasteiger charge is 2.08. The van der Waals surface area contributed by atoms with Crippen LogP contribution in [0.5, 0.6) is 0 Å². The average molecular weight is 270 g/mol. The van der Waals surface area contributed by atoms with Gasteiger partial charge in [0.1, 0.15) is 10.8 Å². The predicted octanol–water partition coefficient (Wildman–Crippen LogP) is 2.91. The summed E-state index contributed by atoms with van der Waals surface area (Å²) < 4.78 is 1.91. The molecule has 0 amide bonds. The maximum absolute atomic E-state index is 5.81. The smallest absolute Gasteiger partial charge is 0.169 e. The molecule has 0 fully saturated rings. The number of aromatic nitrogens is 3. The first-order valence-electron chi connectivity index (χ1n) is 6.00. The van der Waals surface area contributed by atoms with Crippen molar-refractivity contribution in [2.45, 2.75) is 17.7 Å². The molecule has 1 aromatic carbocycles. The Morgan fingerprint density at radius 1 is 1.32 bits per heavy atom. The number of hydrogen-bond acceptors (Lipinski definition) is 4. The van der Waals surface area contributed by atoms with E-state index >= 15 is 0 Å². The summed E-state index contributed by atoms with van der Waals surface area (Å²) in [7, 11) is 0. The molecule has 2 heterocycles. The first-order valence-corrected chi connectivity index (χ1v) is 6.99. The van der Waals surface area contributed by atoms with Crippen molar-refractivity contribution in [3.8, 4) is 0 Å². The lowest BCUT2D eigenvalue weighted by Gasteiger charge is -2.06. The number of anilines is 1. The van der Waals surface area contributed by atoms with Gasteiger partial charge < -0.3 is 10.1 Å². The first-order chi connectivity index (χ1) is 9.24. The van der Waals surface area contributed by atoms with Crippen LogP contribution in [0.2, 0.25) is 0 Å². The normalized spacial score (nSPS) is 11.0. The van der Waals surface area contributed by atoms with Gasteiger partial charge in [-0.15, -0.1) is 0 Å². The van der Waals surface area contributed by atoms with Crippen molar-refractivity contribution in [3.05, 3.63) is 54.0 Å². The van der Waals surface area contributed by atoms with Crippen LogP contribution >= 0.6 is 11.8 Å². The third-order valence-electron chi connectivity index (χ3n) is 2.99. The zero-order valence-corrected chi connectivity index (χ0v) is 11.4. The number of thioether (sulfide) groups is 1. The van der Waals surface area contributed by atoms with Crippen LogP contribution in [-0.2, 0) is 5.75 Å². The van der Waals surface area contributed by atoms with Gasteiger partial charge >= 0.3 is 0 Å². The number of aryl methyl sites for hydroxylation is 1. The fourth-order valence-electron chi connectivity index (χ4n) is 1.94. The minimum absolute atomic E-state index is 0.512. The summed E-state index contributed by atoms with van der Waals surface area (Å²) in [5.41, 5.74) is 9.26. The summed E-state index contributed by atoms with van der Waals surface area (Å²) in [6.45, 7) is 2.12. The van der Waals surface area contributed by atoms with Gasteiger partial charge in [0.2, 0.25) is 0 Å². The number of nitrogen functional groups attached to an aromatic ring is 1. The molecule has 3 aromatic rings. The molecule has 0 saturated carbocycles. The van der Waals surface area contributed by atoms with Crippen LogP contribution in [0.3, 0.4) is 0 Å². The highest BCUT2D eigenvalue weighted by Crippen LogP contribution is 2.26. The molecular formula is C14H14N4S. The Balaban J connectivity index is 1.90. The van der Waals surface area contributed by atoms with E-state index in [0.717, 1.165) is 16.4 Å². The van der Waals surface area contributed by atoms with Crippen molar-refractivity contribution in [1.82, 2.24) is 14.4 Å². The third-order valence-corrected chi connectivity index (χ3v) is 3.99. The van der Waals surface area contributed by atoms with Crippen LogP contribution < -0.4 is 5.73 Å². The zero-order valence-electron chi connectivity index (χ0n) is 10.6. The number of rotatable bonds is 3. The summed E-state index contributed by atoms with van der Waals surface area (Å²) in [5, 5.41) is 0.869. The third kappa shape index (κ3) is 2.42. The molecule has 0 aliphatic heterocycles. The quantitative estimate of drug-likeness (QED) is 0.743. The molecule has 96 valence electrons. The lowest BCUT2D eigenvalue weighted by Crippen LogP contribution is -1.97. The lowest BCUT2D eigenvalue weighted by molar-refractivity contribution is 1.04. The topological polar surface area (TPSA) is 56.2 Å². The van der Waals surface area contributed by atoms with Crippen molar-refractivity contribution in [2.75, 3.05) is 5.73 Å². The Hall–Kier alpha value is -2.01. The maximum Gasteiger partial charge on any atom is 0.169 e. The molecule has 0 aliphatic carbocycles. The number of nitrogens with two attached hydrogens (primary N) is 1. The fourth-order valence-corrected chi connectivity index (χ4v) is 3.01. The Morgan fingerprint density at radius 3 is 3.00 bits per heavy atom. The van der Waals surface area contributed by atoms with E-state index in [9.17, 15) is 0 Å². The van der Waals surface area contributed by atoms with E-state index in [2.05, 4.69) is 41.2 Å². The molecular weight excluding hydrogens is 256 g/mol. The zero-order chi connectivity index (χ0) is 13.2. The molecule has 0 atom stereocenters. The second-order valence-corrected chi connectivity index (χ2v) is 5.31. The molecule has 2 aromatic heterocycles. The molecule has 0 radical (unpaired) electrons. The van der Waals surface area contributed by atoms with Crippen LogP contribution in [0.25, 0.3) is 5.65 Å². The van der Waals surface area contributed by atoms with E-state index < -0.39 is 0 Å². The van der Waals surface area contributed by atoms with Crippen LogP contribution in [0.1, 0.15) is 11.1 Å². The van der Waals surface area contributed by atoms with Crippen LogP contribution in [-0.4, -0.2) is 14.4 Å². The second-order valence-electron chi connectivity index (χ2n) is 4.34. The largest absolute Gasteiger partial charge is 0.382 e. The summed E-state index contributed by atoms with van der Waals surface area (Å²) >= 11 is 1.66. The van der Waals surface area contributed by atoms with Gasteiger partial charge in [0.25, 0.3) is 0 Å². The first kappa shape index (κ1) is 12.0. The Morgan fingerprint density at radius 2 is 2.16 bits per heavy atom. The Labute approximate surface area is 115 Å². The molecule has 2 N–H and O–H groups in total. The summed E-state index contributed by atoms with van der Waals surface area (Å²) in [4.78, 5) is 8.69. The fraction of sp³-hybridized carbons (Fsp3) is 0.143. The number of imidazole rings is 1. The van der Waals surface area contributed by atoms with Crippen LogP contribution in [0.4, 0.5) is 5.82 Å². The highest BCUT2D eigenvalue weighted by atomic mass is 32.2. The molecule has 5 heteroatoms. The molecule has 19 heavy (non-hydrogen) atoms. The number of hydrogen-bond donors (Lipinski definition) is 1. The van der Waals surface area contributed by atoms with Gasteiger partial charge in [-0.2, -0.15) is 0 Å². The van der Waals surface area contributed by atoms with Crippen LogP contribution in [0.15, 0.2) is 47.9 Å². The Bertz CT molecular complexity index is 720. The van der Waals surface area contributed by atoms with Gasteiger partial charge in [-0.1, -0.05) is 36.0 Å². The van der Waals surface area contributed by atoms with Gasteiger partial charge in [0.15, 0.2) is 5.65 Å². The second kappa shape index (κ2) is 4.93. The Kier molecular flexibility index (Phi) is 3.13. The van der Waals surface area contributed by atoms with Crippen molar-refractivity contribution < 1.29 is 0 Å². The standard InChI is InChI=1S/C14H14N4S/c1-10-4-2-3-5-11(10)9-19-14-13-16-6-7-18(13)8-12(15)17-14/h2-8H,9,15H2,1H3. The SMILES string of the molecule is Cc1ccccc1CSc1nc(N)cn2ccnc12. The highest BCUT2D eigenvalue weighted by molar-refractivity contribution is 7.98. The van der Waals surface area contributed by atoms with E-state index in [-0.39, 0.29) is 0 Å². The van der Waals surface area contributed by atoms with Gasteiger partial charge in [-0.25, -0.2) is 9.97 Å². The molecule has 4 nitrogen and oxygen atoms in total. The summed E-state index contributed by atoms with van der Waals surface area (Å²) in [5.74, 6) is 1.38. The van der Waals surface area contributed by atoms with Crippen LogP contribution in [0, 0.1) is 6.92 Å².